The molecule has 0 bridgehead atoms. The predicted octanol–water partition coefficient (Wildman–Crippen LogP) is 6.44. The fourth-order valence-corrected chi connectivity index (χ4v) is 5.02. The van der Waals surface area contributed by atoms with Crippen molar-refractivity contribution in [3.05, 3.63) is 107 Å². The van der Waals surface area contributed by atoms with Crippen molar-refractivity contribution in [1.82, 2.24) is 15.6 Å². The van der Waals surface area contributed by atoms with Crippen molar-refractivity contribution in [2.45, 2.75) is 52.1 Å². The molecule has 2 N–H and O–H groups in total. The maximum Gasteiger partial charge on any atom is 0.251 e. The minimum Gasteiger partial charge on any atom is -0.359 e. The highest BCUT2D eigenvalue weighted by molar-refractivity contribution is 6.01. The fraction of sp³-hybridized carbons (Fsp3) is 0.333. The summed E-state index contributed by atoms with van der Waals surface area (Å²) in [6.45, 7) is 6.43. The van der Waals surface area contributed by atoms with E-state index in [9.17, 15) is 13.6 Å². The van der Waals surface area contributed by atoms with Crippen molar-refractivity contribution in [1.29, 1.82) is 0 Å². The maximum absolute atomic E-state index is 13.9. The van der Waals surface area contributed by atoms with Crippen molar-refractivity contribution in [2.75, 3.05) is 25.0 Å². The molecule has 1 heterocycles. The highest BCUT2D eigenvalue weighted by Crippen LogP contribution is 2.25. The molecule has 210 valence electrons. The van der Waals surface area contributed by atoms with Gasteiger partial charge in [0, 0.05) is 49.4 Å². The summed E-state index contributed by atoms with van der Waals surface area (Å²) in [6, 6.07) is 19.2. The number of carbonyl (C=O) groups is 1. The standard InChI is InChI=1S/C33H38F2N4O/c1-4-15-39(3)32-31-20-27(10-9-26(31)11-14-37-32)33(40)38-30(19-25-17-28(34)21-29(35)18-25)12-13-36-22-24-8-6-7-23(5-2)16-24/h6-11,14,16-18,20-21,30,36H,4-5,12-13,15,19,22H2,1-3H3,(H,38,40)/t30-/m1/s1. The molecule has 0 saturated heterocycles. The quantitative estimate of drug-likeness (QED) is 0.190. The van der Waals surface area contributed by atoms with Crippen molar-refractivity contribution in [3.63, 3.8) is 0 Å². The van der Waals surface area contributed by atoms with Gasteiger partial charge in [0.2, 0.25) is 0 Å². The number of anilines is 1. The Morgan fingerprint density at radius 1 is 0.950 bits per heavy atom. The van der Waals surface area contributed by atoms with E-state index in [0.717, 1.165) is 42.0 Å². The number of hydrogen-bond donors (Lipinski definition) is 2. The number of aryl methyl sites for hydroxylation is 1. The Morgan fingerprint density at radius 3 is 2.48 bits per heavy atom. The van der Waals surface area contributed by atoms with Crippen LogP contribution in [0.3, 0.4) is 0 Å². The molecule has 0 aliphatic rings. The lowest BCUT2D eigenvalue weighted by atomic mass is 10.0. The summed E-state index contributed by atoms with van der Waals surface area (Å²) < 4.78 is 27.8. The minimum atomic E-state index is -0.625. The van der Waals surface area contributed by atoms with Gasteiger partial charge in [0.15, 0.2) is 0 Å². The number of benzene rings is 3. The van der Waals surface area contributed by atoms with Crippen LogP contribution in [0, 0.1) is 11.6 Å². The first-order valence-electron chi connectivity index (χ1n) is 14.0. The molecule has 4 aromatic rings. The SMILES string of the molecule is CCCN(C)c1nccc2ccc(C(=O)N[C@H](CCNCc3cccc(CC)c3)Cc3cc(F)cc(F)c3)cc12. The van der Waals surface area contributed by atoms with E-state index in [4.69, 9.17) is 0 Å². The van der Waals surface area contributed by atoms with Crippen LogP contribution >= 0.6 is 0 Å². The van der Waals surface area contributed by atoms with Crippen molar-refractivity contribution < 1.29 is 13.6 Å². The first kappa shape index (κ1) is 29.2. The molecular weight excluding hydrogens is 506 g/mol. The van der Waals surface area contributed by atoms with Crippen LogP contribution < -0.4 is 15.5 Å². The number of amides is 1. The van der Waals surface area contributed by atoms with Crippen LogP contribution in [0.5, 0.6) is 0 Å². The molecule has 5 nitrogen and oxygen atoms in total. The number of fused-ring (bicyclic) bond motifs is 1. The molecule has 1 aromatic heterocycles. The van der Waals surface area contributed by atoms with Gasteiger partial charge in [-0.3, -0.25) is 4.79 Å². The largest absolute Gasteiger partial charge is 0.359 e. The Hall–Kier alpha value is -3.84. The molecule has 40 heavy (non-hydrogen) atoms. The Kier molecular flexibility index (Phi) is 10.2. The van der Waals surface area contributed by atoms with Gasteiger partial charge in [0.05, 0.1) is 0 Å². The molecule has 0 fully saturated rings. The summed E-state index contributed by atoms with van der Waals surface area (Å²) in [5.74, 6) is -0.649. The summed E-state index contributed by atoms with van der Waals surface area (Å²) >= 11 is 0. The van der Waals surface area contributed by atoms with Gasteiger partial charge >= 0.3 is 0 Å². The third-order valence-corrected chi connectivity index (χ3v) is 7.07. The van der Waals surface area contributed by atoms with E-state index >= 15 is 0 Å². The lowest BCUT2D eigenvalue weighted by Crippen LogP contribution is -2.38. The zero-order chi connectivity index (χ0) is 28.5. The highest BCUT2D eigenvalue weighted by atomic mass is 19.1. The van der Waals surface area contributed by atoms with Crippen LogP contribution in [0.15, 0.2) is 72.9 Å². The van der Waals surface area contributed by atoms with Crippen LogP contribution in [0.4, 0.5) is 14.6 Å². The normalized spacial score (nSPS) is 11.9. The third-order valence-electron chi connectivity index (χ3n) is 7.07. The predicted molar refractivity (Wildman–Crippen MR) is 159 cm³/mol. The number of nitrogens with zero attached hydrogens (tertiary/aromatic N) is 2. The second-order valence-corrected chi connectivity index (χ2v) is 10.3. The van der Waals surface area contributed by atoms with Crippen molar-refractivity contribution in [3.8, 4) is 0 Å². The Morgan fingerprint density at radius 2 is 1.73 bits per heavy atom. The van der Waals surface area contributed by atoms with Crippen LogP contribution in [-0.2, 0) is 19.4 Å². The number of nitrogens with one attached hydrogen (secondary N) is 2. The number of rotatable bonds is 13. The molecule has 0 saturated carbocycles. The number of pyridine rings is 1. The molecule has 0 radical (unpaired) electrons. The number of carbonyl (C=O) groups excluding carboxylic acids is 1. The van der Waals surface area contributed by atoms with Crippen LogP contribution in [0.25, 0.3) is 10.8 Å². The zero-order valence-corrected chi connectivity index (χ0v) is 23.5. The molecule has 1 atom stereocenters. The molecule has 0 spiro atoms. The lowest BCUT2D eigenvalue weighted by molar-refractivity contribution is 0.0935. The maximum atomic E-state index is 13.9. The summed E-state index contributed by atoms with van der Waals surface area (Å²) in [5.41, 5.74) is 3.50. The van der Waals surface area contributed by atoms with E-state index in [1.807, 2.05) is 25.2 Å². The first-order chi connectivity index (χ1) is 19.4. The first-order valence-corrected chi connectivity index (χ1v) is 14.0. The van der Waals surface area contributed by atoms with Gasteiger partial charge < -0.3 is 15.5 Å². The Balaban J connectivity index is 1.50. The van der Waals surface area contributed by atoms with Crippen LogP contribution in [0.2, 0.25) is 0 Å². The highest BCUT2D eigenvalue weighted by Gasteiger charge is 2.17. The second-order valence-electron chi connectivity index (χ2n) is 10.3. The van der Waals surface area contributed by atoms with E-state index in [-0.39, 0.29) is 11.9 Å². The Bertz CT molecular complexity index is 1420. The summed E-state index contributed by atoms with van der Waals surface area (Å²) in [7, 11) is 2.00. The Labute approximate surface area is 235 Å². The van der Waals surface area contributed by atoms with Gasteiger partial charge in [-0.1, -0.05) is 44.2 Å². The number of hydrogen-bond acceptors (Lipinski definition) is 4. The average molecular weight is 545 g/mol. The minimum absolute atomic E-state index is 0.229. The van der Waals surface area contributed by atoms with Crippen LogP contribution in [-0.4, -0.2) is 37.1 Å². The van der Waals surface area contributed by atoms with Gasteiger partial charge in [-0.25, -0.2) is 13.8 Å². The third kappa shape index (κ3) is 7.85. The molecule has 4 rings (SSSR count). The average Bonchev–Trinajstić information content (AvgIpc) is 2.94. The van der Waals surface area contributed by atoms with Gasteiger partial charge in [-0.15, -0.1) is 0 Å². The zero-order valence-electron chi connectivity index (χ0n) is 23.5. The molecule has 3 aromatic carbocycles. The van der Waals surface area contributed by atoms with E-state index < -0.39 is 11.6 Å². The molecule has 0 aliphatic carbocycles. The van der Waals surface area contributed by atoms with Gasteiger partial charge in [0.25, 0.3) is 5.91 Å². The molecular formula is C33H38F2N4O. The second kappa shape index (κ2) is 14.0. The molecule has 7 heteroatoms. The summed E-state index contributed by atoms with van der Waals surface area (Å²) in [5, 5.41) is 8.48. The van der Waals surface area contributed by atoms with Gasteiger partial charge in [-0.05, 0) is 84.6 Å². The molecule has 0 unspecified atom stereocenters. The topological polar surface area (TPSA) is 57.3 Å². The smallest absolute Gasteiger partial charge is 0.251 e. The monoisotopic (exact) mass is 544 g/mol. The van der Waals surface area contributed by atoms with E-state index in [1.165, 1.54) is 23.3 Å². The van der Waals surface area contributed by atoms with E-state index in [1.54, 1.807) is 12.3 Å². The van der Waals surface area contributed by atoms with Crippen molar-refractivity contribution >= 4 is 22.5 Å². The summed E-state index contributed by atoms with van der Waals surface area (Å²) in [4.78, 5) is 20.1. The van der Waals surface area contributed by atoms with E-state index in [0.29, 0.717) is 37.1 Å². The fourth-order valence-electron chi connectivity index (χ4n) is 5.02. The number of halogens is 2. The van der Waals surface area contributed by atoms with E-state index in [2.05, 4.69) is 58.6 Å². The lowest BCUT2D eigenvalue weighted by Gasteiger charge is -2.21. The van der Waals surface area contributed by atoms with Crippen molar-refractivity contribution in [2.24, 2.45) is 0 Å². The molecule has 0 aliphatic heterocycles. The van der Waals surface area contributed by atoms with Crippen LogP contribution in [0.1, 0.15) is 53.7 Å². The van der Waals surface area contributed by atoms with Gasteiger partial charge in [-0.2, -0.15) is 0 Å². The van der Waals surface area contributed by atoms with Gasteiger partial charge in [0.1, 0.15) is 17.5 Å². The summed E-state index contributed by atoms with van der Waals surface area (Å²) in [6.07, 6.45) is 4.65. The number of aromatic nitrogens is 1. The molecule has 1 amide bonds.